The molecule has 4 aliphatic rings. The van der Waals surface area contributed by atoms with E-state index in [1.54, 1.807) is 6.92 Å². The van der Waals surface area contributed by atoms with Gasteiger partial charge >= 0.3 is 5.97 Å². The molecule has 0 aromatic rings. The Hall–Kier alpha value is -2.01. The molecule has 4 aliphatic carbocycles. The molecule has 5 nitrogen and oxygen atoms in total. The SMILES string of the molecule is C=C(CCC(C)C1CC=C2C3=C(C(=O)CC21C)C1(C)CCC(=O)[C@@H](C)C1C[C@@H]3O)C(C)C(=O)O. The van der Waals surface area contributed by atoms with Crippen LogP contribution in [0, 0.1) is 40.4 Å². The second-order valence-corrected chi connectivity index (χ2v) is 12.0. The topological polar surface area (TPSA) is 91.7 Å². The normalized spacial score (nSPS) is 39.1. The fourth-order valence-electron chi connectivity index (χ4n) is 7.83. The van der Waals surface area contributed by atoms with Gasteiger partial charge < -0.3 is 10.2 Å². The number of aliphatic hydroxyl groups excluding tert-OH is 1. The predicted molar refractivity (Wildman–Crippen MR) is 131 cm³/mol. The third-order valence-electron chi connectivity index (χ3n) is 10.2. The Balaban J connectivity index is 1.62. The Morgan fingerprint density at radius 1 is 1.24 bits per heavy atom. The summed E-state index contributed by atoms with van der Waals surface area (Å²) in [6, 6.07) is 0. The van der Waals surface area contributed by atoms with Gasteiger partial charge in [0.15, 0.2) is 5.78 Å². The summed E-state index contributed by atoms with van der Waals surface area (Å²) in [5.41, 5.74) is 2.87. The van der Waals surface area contributed by atoms with Crippen molar-refractivity contribution in [2.24, 2.45) is 40.4 Å². The Morgan fingerprint density at radius 3 is 2.56 bits per heavy atom. The largest absolute Gasteiger partial charge is 0.481 e. The Labute approximate surface area is 203 Å². The van der Waals surface area contributed by atoms with Crippen molar-refractivity contribution in [2.75, 3.05) is 0 Å². The molecule has 8 atom stereocenters. The van der Waals surface area contributed by atoms with Gasteiger partial charge in [-0.1, -0.05) is 45.9 Å². The number of carbonyl (C=O) groups is 3. The zero-order chi connectivity index (χ0) is 25.2. The van der Waals surface area contributed by atoms with Gasteiger partial charge in [-0.05, 0) is 67.9 Å². The first-order chi connectivity index (χ1) is 15.8. The zero-order valence-corrected chi connectivity index (χ0v) is 21.3. The number of aliphatic carboxylic acids is 1. The molecule has 0 spiro atoms. The second-order valence-electron chi connectivity index (χ2n) is 12.0. The summed E-state index contributed by atoms with van der Waals surface area (Å²) in [6.45, 7) is 14.2. The number of carbonyl (C=O) groups excluding carboxylic acids is 2. The summed E-state index contributed by atoms with van der Waals surface area (Å²) in [6.07, 6.45) is 6.07. The molecule has 0 aromatic carbocycles. The van der Waals surface area contributed by atoms with E-state index in [1.165, 1.54) is 0 Å². The highest BCUT2D eigenvalue weighted by Crippen LogP contribution is 2.63. The number of fused-ring (bicyclic) bond motifs is 4. The van der Waals surface area contributed by atoms with Gasteiger partial charge in [0, 0.05) is 35.2 Å². The third kappa shape index (κ3) is 3.66. The molecule has 34 heavy (non-hydrogen) atoms. The molecule has 2 N–H and O–H groups in total. The second kappa shape index (κ2) is 8.58. The third-order valence-corrected chi connectivity index (χ3v) is 10.2. The molecule has 0 radical (unpaired) electrons. The van der Waals surface area contributed by atoms with Gasteiger partial charge in [0.05, 0.1) is 12.0 Å². The number of rotatable bonds is 6. The van der Waals surface area contributed by atoms with E-state index in [1.807, 2.05) is 6.92 Å². The standard InChI is InChI=1S/C29H40O5/c1-15(17(3)27(33)34)7-8-16(2)19-9-10-20-25-23(31)13-21-18(4)22(30)11-12-28(21,5)26(25)24(32)14-29(19,20)6/h10,16-19,21,23,31H,1,7-9,11-14H2,2-6H3,(H,33,34)/t16?,17?,18-,19?,21?,23-,28?,29?/m0/s1. The maximum Gasteiger partial charge on any atom is 0.310 e. The fraction of sp³-hybridized carbons (Fsp3) is 0.690. The molecular formula is C29H40O5. The van der Waals surface area contributed by atoms with E-state index in [9.17, 15) is 24.6 Å². The number of ketones is 2. The maximum atomic E-state index is 13.8. The maximum absolute atomic E-state index is 13.8. The first kappa shape index (κ1) is 25.1. The molecule has 1 fully saturated rings. The highest BCUT2D eigenvalue weighted by molar-refractivity contribution is 6.02. The summed E-state index contributed by atoms with van der Waals surface area (Å²) in [5.74, 6) is -0.570. The van der Waals surface area contributed by atoms with E-state index in [0.717, 1.165) is 35.1 Å². The lowest BCUT2D eigenvalue weighted by Crippen LogP contribution is -2.52. The van der Waals surface area contributed by atoms with E-state index in [0.29, 0.717) is 38.0 Å². The van der Waals surface area contributed by atoms with E-state index in [4.69, 9.17) is 0 Å². The summed E-state index contributed by atoms with van der Waals surface area (Å²) >= 11 is 0. The minimum atomic E-state index is -0.844. The molecule has 6 unspecified atom stereocenters. The molecule has 0 aliphatic heterocycles. The lowest BCUT2D eigenvalue weighted by atomic mass is 9.49. The van der Waals surface area contributed by atoms with E-state index >= 15 is 0 Å². The number of hydrogen-bond acceptors (Lipinski definition) is 4. The molecule has 0 heterocycles. The fourth-order valence-corrected chi connectivity index (χ4v) is 7.83. The van der Waals surface area contributed by atoms with Crippen LogP contribution in [-0.2, 0) is 14.4 Å². The summed E-state index contributed by atoms with van der Waals surface area (Å²) in [4.78, 5) is 37.5. The minimum Gasteiger partial charge on any atom is -0.481 e. The number of hydrogen-bond donors (Lipinski definition) is 2. The van der Waals surface area contributed by atoms with Crippen molar-refractivity contribution in [3.63, 3.8) is 0 Å². The monoisotopic (exact) mass is 468 g/mol. The summed E-state index contributed by atoms with van der Waals surface area (Å²) in [7, 11) is 0. The lowest BCUT2D eigenvalue weighted by Gasteiger charge is -2.54. The first-order valence-electron chi connectivity index (χ1n) is 12.9. The average molecular weight is 469 g/mol. The van der Waals surface area contributed by atoms with Crippen LogP contribution in [0.15, 0.2) is 34.9 Å². The first-order valence-corrected chi connectivity index (χ1v) is 12.9. The van der Waals surface area contributed by atoms with E-state index in [2.05, 4.69) is 33.4 Å². The van der Waals surface area contributed by atoms with Crippen LogP contribution < -0.4 is 0 Å². The van der Waals surface area contributed by atoms with Crippen LogP contribution in [0.3, 0.4) is 0 Å². The number of aliphatic hydroxyl groups is 1. The molecule has 5 heteroatoms. The summed E-state index contributed by atoms with van der Waals surface area (Å²) < 4.78 is 0. The van der Waals surface area contributed by atoms with E-state index < -0.39 is 18.0 Å². The molecule has 0 amide bonds. The molecule has 0 bridgehead atoms. The van der Waals surface area contributed by atoms with Gasteiger partial charge in [-0.2, -0.15) is 0 Å². The number of carboxylic acid groups (broad SMARTS) is 1. The lowest BCUT2D eigenvalue weighted by molar-refractivity contribution is -0.140. The van der Waals surface area contributed by atoms with Crippen molar-refractivity contribution < 1.29 is 24.6 Å². The van der Waals surface area contributed by atoms with Crippen molar-refractivity contribution in [1.29, 1.82) is 0 Å². The van der Waals surface area contributed by atoms with Crippen LogP contribution in [0.4, 0.5) is 0 Å². The van der Waals surface area contributed by atoms with Crippen molar-refractivity contribution in [1.82, 2.24) is 0 Å². The van der Waals surface area contributed by atoms with E-state index in [-0.39, 0.29) is 40.2 Å². The Morgan fingerprint density at radius 2 is 1.91 bits per heavy atom. The van der Waals surface area contributed by atoms with Gasteiger partial charge in [-0.25, -0.2) is 0 Å². The van der Waals surface area contributed by atoms with Crippen LogP contribution in [-0.4, -0.2) is 33.9 Å². The predicted octanol–water partition coefficient (Wildman–Crippen LogP) is 5.29. The van der Waals surface area contributed by atoms with Gasteiger partial charge in [0.2, 0.25) is 0 Å². The average Bonchev–Trinajstić information content (AvgIpc) is 3.11. The highest BCUT2D eigenvalue weighted by Gasteiger charge is 2.59. The van der Waals surface area contributed by atoms with Gasteiger partial charge in [-0.15, -0.1) is 0 Å². The molecule has 0 aromatic heterocycles. The minimum absolute atomic E-state index is 0.00904. The molecule has 186 valence electrons. The van der Waals surface area contributed by atoms with Crippen molar-refractivity contribution in [2.45, 2.75) is 85.7 Å². The molecular weight excluding hydrogens is 428 g/mol. The molecule has 4 rings (SSSR count). The zero-order valence-electron chi connectivity index (χ0n) is 21.3. The van der Waals surface area contributed by atoms with Crippen LogP contribution in [0.1, 0.15) is 79.6 Å². The van der Waals surface area contributed by atoms with Crippen LogP contribution >= 0.6 is 0 Å². The van der Waals surface area contributed by atoms with Gasteiger partial charge in [0.1, 0.15) is 5.78 Å². The number of allylic oxidation sites excluding steroid dienone is 2. The molecule has 0 saturated heterocycles. The summed E-state index contributed by atoms with van der Waals surface area (Å²) in [5, 5.41) is 20.6. The van der Waals surface area contributed by atoms with Gasteiger partial charge in [0.25, 0.3) is 0 Å². The highest BCUT2D eigenvalue weighted by atomic mass is 16.4. The van der Waals surface area contributed by atoms with Crippen LogP contribution in [0.25, 0.3) is 0 Å². The smallest absolute Gasteiger partial charge is 0.310 e. The Kier molecular flexibility index (Phi) is 6.33. The number of Topliss-reactive ketones (excluding diaryl/α,β-unsaturated/α-hetero) is 2. The van der Waals surface area contributed by atoms with Gasteiger partial charge in [-0.3, -0.25) is 14.4 Å². The Bertz CT molecular complexity index is 1000. The van der Waals surface area contributed by atoms with Crippen LogP contribution in [0.5, 0.6) is 0 Å². The quantitative estimate of drug-likeness (QED) is 0.517. The van der Waals surface area contributed by atoms with Crippen molar-refractivity contribution in [3.8, 4) is 0 Å². The van der Waals surface area contributed by atoms with Crippen molar-refractivity contribution in [3.05, 3.63) is 34.9 Å². The van der Waals surface area contributed by atoms with Crippen molar-refractivity contribution >= 4 is 17.5 Å². The van der Waals surface area contributed by atoms with Crippen LogP contribution in [0.2, 0.25) is 0 Å². The number of carboxylic acids is 1. The molecule has 1 saturated carbocycles.